The summed E-state index contributed by atoms with van der Waals surface area (Å²) in [6.45, 7) is 8.74. The van der Waals surface area contributed by atoms with Crippen LogP contribution < -0.4 is 0 Å². The van der Waals surface area contributed by atoms with Gasteiger partial charge in [-0.3, -0.25) is 4.79 Å². The fourth-order valence-corrected chi connectivity index (χ4v) is 2.90. The quantitative estimate of drug-likeness (QED) is 0.674. The van der Waals surface area contributed by atoms with Gasteiger partial charge in [0, 0.05) is 5.92 Å². The van der Waals surface area contributed by atoms with E-state index in [2.05, 4.69) is 13.8 Å². The van der Waals surface area contributed by atoms with Gasteiger partial charge in [-0.1, -0.05) is 53.4 Å². The molecule has 2 nitrogen and oxygen atoms in total. The van der Waals surface area contributed by atoms with E-state index in [1.165, 1.54) is 32.1 Å². The number of carbonyl (C=O) groups is 1. The molecule has 0 amide bonds. The summed E-state index contributed by atoms with van der Waals surface area (Å²) in [6.07, 6.45) is 8.49. The van der Waals surface area contributed by atoms with Crippen molar-refractivity contribution in [3.63, 3.8) is 0 Å². The molecular formula is C16H30O2. The van der Waals surface area contributed by atoms with Gasteiger partial charge < -0.3 is 4.74 Å². The maximum Gasteiger partial charge on any atom is 0.161 e. The van der Waals surface area contributed by atoms with E-state index in [0.29, 0.717) is 12.5 Å². The third-order valence-corrected chi connectivity index (χ3v) is 4.48. The molecule has 106 valence electrons. The fraction of sp³-hybridized carbons (Fsp3) is 0.938. The van der Waals surface area contributed by atoms with Gasteiger partial charge in [-0.05, 0) is 25.2 Å². The predicted octanol–water partition coefficient (Wildman–Crippen LogP) is 4.37. The third-order valence-electron chi connectivity index (χ3n) is 4.48. The molecule has 2 atom stereocenters. The summed E-state index contributed by atoms with van der Waals surface area (Å²) < 4.78 is 6.16. The monoisotopic (exact) mass is 254 g/mol. The number of unbranched alkanes of at least 4 members (excludes halogenated alkanes) is 1. The van der Waals surface area contributed by atoms with Crippen LogP contribution in [0.15, 0.2) is 0 Å². The van der Waals surface area contributed by atoms with Crippen LogP contribution in [0.4, 0.5) is 0 Å². The Labute approximate surface area is 112 Å². The van der Waals surface area contributed by atoms with Gasteiger partial charge >= 0.3 is 0 Å². The highest BCUT2D eigenvalue weighted by Crippen LogP contribution is 2.40. The first-order valence-electron chi connectivity index (χ1n) is 7.68. The van der Waals surface area contributed by atoms with Crippen molar-refractivity contribution in [3.8, 4) is 0 Å². The highest BCUT2D eigenvalue weighted by Gasteiger charge is 2.38. The highest BCUT2D eigenvalue weighted by molar-refractivity contribution is 5.81. The van der Waals surface area contributed by atoms with Crippen molar-refractivity contribution in [1.82, 2.24) is 0 Å². The van der Waals surface area contributed by atoms with Gasteiger partial charge in [0.1, 0.15) is 6.61 Å². The van der Waals surface area contributed by atoms with Crippen LogP contribution in [0.3, 0.4) is 0 Å². The normalized spacial score (nSPS) is 28.6. The van der Waals surface area contributed by atoms with Crippen molar-refractivity contribution >= 4 is 5.78 Å². The van der Waals surface area contributed by atoms with E-state index in [0.717, 1.165) is 12.8 Å². The molecule has 0 aromatic carbocycles. The number of hydrogen-bond donors (Lipinski definition) is 0. The van der Waals surface area contributed by atoms with Crippen molar-refractivity contribution in [2.45, 2.75) is 78.2 Å². The SMILES string of the molecule is CCCCC1(OCC(=O)C(C)C)CCCCC1C. The molecule has 0 bridgehead atoms. The van der Waals surface area contributed by atoms with Gasteiger partial charge in [0.2, 0.25) is 0 Å². The van der Waals surface area contributed by atoms with E-state index in [9.17, 15) is 4.79 Å². The second-order valence-electron chi connectivity index (χ2n) is 6.22. The molecule has 0 aromatic rings. The molecule has 1 rings (SSSR count). The largest absolute Gasteiger partial charge is 0.367 e. The Kier molecular flexibility index (Phi) is 6.34. The minimum atomic E-state index is -0.0151. The van der Waals surface area contributed by atoms with E-state index in [-0.39, 0.29) is 17.3 Å². The van der Waals surface area contributed by atoms with Crippen LogP contribution in [0.1, 0.15) is 72.6 Å². The van der Waals surface area contributed by atoms with Crippen molar-refractivity contribution < 1.29 is 9.53 Å². The van der Waals surface area contributed by atoms with E-state index in [1.807, 2.05) is 13.8 Å². The molecule has 2 heteroatoms. The molecule has 0 N–H and O–H groups in total. The van der Waals surface area contributed by atoms with Gasteiger partial charge in [-0.15, -0.1) is 0 Å². The zero-order chi connectivity index (χ0) is 13.6. The lowest BCUT2D eigenvalue weighted by Gasteiger charge is -2.43. The summed E-state index contributed by atoms with van der Waals surface area (Å²) in [5.74, 6) is 0.925. The zero-order valence-corrected chi connectivity index (χ0v) is 12.6. The summed E-state index contributed by atoms with van der Waals surface area (Å²) in [4.78, 5) is 11.8. The van der Waals surface area contributed by atoms with Gasteiger partial charge in [-0.2, -0.15) is 0 Å². The summed E-state index contributed by atoms with van der Waals surface area (Å²) in [5.41, 5.74) is -0.0151. The Balaban J connectivity index is 2.62. The Morgan fingerprint density at radius 3 is 2.67 bits per heavy atom. The molecule has 0 saturated heterocycles. The molecular weight excluding hydrogens is 224 g/mol. The molecule has 2 unspecified atom stereocenters. The second-order valence-corrected chi connectivity index (χ2v) is 6.22. The average Bonchev–Trinajstić information content (AvgIpc) is 2.36. The maximum absolute atomic E-state index is 11.8. The fourth-order valence-electron chi connectivity index (χ4n) is 2.90. The maximum atomic E-state index is 11.8. The number of rotatable bonds is 7. The topological polar surface area (TPSA) is 26.3 Å². The molecule has 0 radical (unpaired) electrons. The number of ether oxygens (including phenoxy) is 1. The van der Waals surface area contributed by atoms with Crippen molar-refractivity contribution in [2.75, 3.05) is 6.61 Å². The molecule has 18 heavy (non-hydrogen) atoms. The van der Waals surface area contributed by atoms with E-state index in [1.54, 1.807) is 0 Å². The Morgan fingerprint density at radius 1 is 1.39 bits per heavy atom. The molecule has 0 aliphatic heterocycles. The van der Waals surface area contributed by atoms with Gasteiger partial charge in [0.15, 0.2) is 5.78 Å². The highest BCUT2D eigenvalue weighted by atomic mass is 16.5. The van der Waals surface area contributed by atoms with Crippen LogP contribution in [-0.2, 0) is 9.53 Å². The summed E-state index contributed by atoms with van der Waals surface area (Å²) in [6, 6.07) is 0. The number of hydrogen-bond acceptors (Lipinski definition) is 2. The van der Waals surface area contributed by atoms with Crippen LogP contribution in [0.25, 0.3) is 0 Å². The molecule has 0 aromatic heterocycles. The number of ketones is 1. The van der Waals surface area contributed by atoms with Gasteiger partial charge in [0.25, 0.3) is 0 Å². The van der Waals surface area contributed by atoms with Crippen LogP contribution in [0.2, 0.25) is 0 Å². The van der Waals surface area contributed by atoms with Crippen LogP contribution >= 0.6 is 0 Å². The first kappa shape index (κ1) is 15.7. The van der Waals surface area contributed by atoms with Crippen LogP contribution in [0.5, 0.6) is 0 Å². The summed E-state index contributed by atoms with van der Waals surface area (Å²) in [5, 5.41) is 0. The average molecular weight is 254 g/mol. The molecule has 1 aliphatic rings. The minimum Gasteiger partial charge on any atom is -0.367 e. The molecule has 1 fully saturated rings. The summed E-state index contributed by atoms with van der Waals surface area (Å²) >= 11 is 0. The molecule has 1 aliphatic carbocycles. The molecule has 0 heterocycles. The first-order chi connectivity index (χ1) is 8.52. The lowest BCUT2D eigenvalue weighted by atomic mass is 9.73. The van der Waals surface area contributed by atoms with Crippen molar-refractivity contribution in [2.24, 2.45) is 11.8 Å². The summed E-state index contributed by atoms with van der Waals surface area (Å²) in [7, 11) is 0. The Bertz CT molecular complexity index is 260. The smallest absolute Gasteiger partial charge is 0.161 e. The minimum absolute atomic E-state index is 0.0151. The predicted molar refractivity (Wildman–Crippen MR) is 75.7 cm³/mol. The lowest BCUT2D eigenvalue weighted by Crippen LogP contribution is -2.43. The van der Waals surface area contributed by atoms with Gasteiger partial charge in [-0.25, -0.2) is 0 Å². The lowest BCUT2D eigenvalue weighted by molar-refractivity contribution is -0.145. The van der Waals surface area contributed by atoms with Crippen molar-refractivity contribution in [1.29, 1.82) is 0 Å². The second kappa shape index (κ2) is 7.28. The first-order valence-corrected chi connectivity index (χ1v) is 7.68. The standard InChI is InChI=1S/C16H30O2/c1-5-6-10-16(11-8-7-9-14(16)4)18-12-15(17)13(2)3/h13-14H,5-12H2,1-4H3. The molecule has 0 spiro atoms. The van der Waals surface area contributed by atoms with Gasteiger partial charge in [0.05, 0.1) is 5.60 Å². The zero-order valence-electron chi connectivity index (χ0n) is 12.6. The Hall–Kier alpha value is -0.370. The Morgan fingerprint density at radius 2 is 2.11 bits per heavy atom. The van der Waals surface area contributed by atoms with Crippen molar-refractivity contribution in [3.05, 3.63) is 0 Å². The number of carbonyl (C=O) groups excluding carboxylic acids is 1. The van der Waals surface area contributed by atoms with E-state index >= 15 is 0 Å². The van der Waals surface area contributed by atoms with E-state index < -0.39 is 0 Å². The number of Topliss-reactive ketones (excluding diaryl/α,β-unsaturated/α-hetero) is 1. The van der Waals surface area contributed by atoms with Crippen LogP contribution in [0, 0.1) is 11.8 Å². The molecule has 1 saturated carbocycles. The third kappa shape index (κ3) is 4.08. The van der Waals surface area contributed by atoms with E-state index in [4.69, 9.17) is 4.74 Å². The van der Waals surface area contributed by atoms with Crippen LogP contribution in [-0.4, -0.2) is 18.0 Å².